The summed E-state index contributed by atoms with van der Waals surface area (Å²) in [5, 5.41) is 14.4. The molecular weight excluding hydrogens is 440 g/mol. The van der Waals surface area contributed by atoms with Gasteiger partial charge in [0.15, 0.2) is 5.82 Å². The van der Waals surface area contributed by atoms with Crippen molar-refractivity contribution in [3.05, 3.63) is 88.5 Å². The summed E-state index contributed by atoms with van der Waals surface area (Å²) in [6, 6.07) is 11.8. The number of aliphatic hydroxyl groups is 1. The molecule has 0 saturated carbocycles. The number of likely N-dealkylation sites (N-methyl/N-ethyl adjacent to an activating group) is 1. The van der Waals surface area contributed by atoms with Crippen molar-refractivity contribution in [2.24, 2.45) is 0 Å². The molecule has 0 amide bonds. The molecule has 8 heteroatoms. The van der Waals surface area contributed by atoms with E-state index < -0.39 is 5.60 Å². The van der Waals surface area contributed by atoms with Crippen molar-refractivity contribution in [3.63, 3.8) is 0 Å². The summed E-state index contributed by atoms with van der Waals surface area (Å²) in [6.07, 6.45) is 5.97. The van der Waals surface area contributed by atoms with Gasteiger partial charge in [-0.3, -0.25) is 4.79 Å². The molecule has 0 bridgehead atoms. The molecule has 180 valence electrons. The molecule has 0 atom stereocenters. The van der Waals surface area contributed by atoms with Gasteiger partial charge in [0.05, 0.1) is 23.0 Å². The van der Waals surface area contributed by atoms with Crippen LogP contribution in [0.4, 0.5) is 11.5 Å². The number of hydrogen-bond acceptors (Lipinski definition) is 6. The van der Waals surface area contributed by atoms with E-state index in [2.05, 4.69) is 52.0 Å². The smallest absolute Gasteiger partial charge is 0.276 e. The molecule has 1 aliphatic rings. The monoisotopic (exact) mass is 470 g/mol. The SMILES string of the molecule is C=CCn1c(=O)c2cnc(Nc3ccc4c(c3)CN(C)CC4)cc2n1-c1cc(C(C)(C)O)ccn1. The Morgan fingerprint density at radius 2 is 2.00 bits per heavy atom. The third kappa shape index (κ3) is 4.38. The summed E-state index contributed by atoms with van der Waals surface area (Å²) in [5.41, 5.74) is 3.80. The first-order valence-corrected chi connectivity index (χ1v) is 11.7. The maximum Gasteiger partial charge on any atom is 0.276 e. The summed E-state index contributed by atoms with van der Waals surface area (Å²) in [5.74, 6) is 1.16. The molecule has 1 aliphatic heterocycles. The molecule has 5 rings (SSSR count). The number of rotatable bonds is 6. The Labute approximate surface area is 204 Å². The minimum absolute atomic E-state index is 0.175. The standard InChI is InChI=1S/C27H30N6O2/c1-5-11-32-26(34)22-16-29-24(30-21-7-6-18-9-12-31(4)17-19(18)13-21)15-23(22)33(32)25-14-20(8-10-28-25)27(2,3)35/h5-8,10,13-16,35H,1,9,11-12,17H2,2-4H3,(H,29,30). The van der Waals surface area contributed by atoms with Crippen LogP contribution in [0.5, 0.6) is 0 Å². The van der Waals surface area contributed by atoms with Gasteiger partial charge in [-0.15, -0.1) is 6.58 Å². The van der Waals surface area contributed by atoms with Crippen molar-refractivity contribution >= 4 is 22.4 Å². The Bertz CT molecular complexity index is 1480. The van der Waals surface area contributed by atoms with E-state index in [0.717, 1.165) is 25.2 Å². The molecule has 4 aromatic rings. The summed E-state index contributed by atoms with van der Waals surface area (Å²) in [6.45, 7) is 9.55. The van der Waals surface area contributed by atoms with E-state index in [9.17, 15) is 9.90 Å². The van der Waals surface area contributed by atoms with Crippen molar-refractivity contribution in [2.45, 2.75) is 39.0 Å². The molecular formula is C27H30N6O2. The van der Waals surface area contributed by atoms with E-state index in [-0.39, 0.29) is 5.56 Å². The molecule has 8 nitrogen and oxygen atoms in total. The maximum atomic E-state index is 13.2. The number of allylic oxidation sites excluding steroid dienone is 1. The molecule has 0 fully saturated rings. The number of benzene rings is 1. The minimum Gasteiger partial charge on any atom is -0.386 e. The molecule has 2 N–H and O–H groups in total. The van der Waals surface area contributed by atoms with E-state index >= 15 is 0 Å². The largest absolute Gasteiger partial charge is 0.386 e. The number of aromatic nitrogens is 4. The van der Waals surface area contributed by atoms with E-state index in [0.29, 0.717) is 34.6 Å². The molecule has 1 aromatic carbocycles. The van der Waals surface area contributed by atoms with E-state index in [4.69, 9.17) is 0 Å². The first-order chi connectivity index (χ1) is 16.7. The van der Waals surface area contributed by atoms with Crippen LogP contribution in [-0.2, 0) is 25.1 Å². The van der Waals surface area contributed by atoms with Crippen LogP contribution in [0.2, 0.25) is 0 Å². The van der Waals surface area contributed by atoms with Crippen LogP contribution in [0, 0.1) is 0 Å². The lowest BCUT2D eigenvalue weighted by Gasteiger charge is -2.25. The summed E-state index contributed by atoms with van der Waals surface area (Å²) >= 11 is 0. The van der Waals surface area contributed by atoms with Crippen LogP contribution in [0.1, 0.15) is 30.5 Å². The molecule has 0 radical (unpaired) electrons. The number of pyridine rings is 2. The van der Waals surface area contributed by atoms with E-state index in [1.807, 2.05) is 6.07 Å². The van der Waals surface area contributed by atoms with Crippen molar-refractivity contribution in [1.82, 2.24) is 24.2 Å². The highest BCUT2D eigenvalue weighted by Crippen LogP contribution is 2.27. The van der Waals surface area contributed by atoms with Gasteiger partial charge >= 0.3 is 0 Å². The van der Waals surface area contributed by atoms with Gasteiger partial charge in [0, 0.05) is 37.2 Å². The van der Waals surface area contributed by atoms with Crippen LogP contribution in [0.25, 0.3) is 16.7 Å². The Balaban J connectivity index is 1.60. The predicted octanol–water partition coefficient (Wildman–Crippen LogP) is 3.73. The molecule has 0 aliphatic carbocycles. The average Bonchev–Trinajstić information content (AvgIpc) is 3.09. The van der Waals surface area contributed by atoms with E-state index in [1.165, 1.54) is 11.1 Å². The predicted molar refractivity (Wildman–Crippen MR) is 138 cm³/mol. The van der Waals surface area contributed by atoms with Crippen molar-refractivity contribution in [2.75, 3.05) is 18.9 Å². The van der Waals surface area contributed by atoms with Crippen molar-refractivity contribution in [1.29, 1.82) is 0 Å². The second-order valence-electron chi connectivity index (χ2n) is 9.63. The Morgan fingerprint density at radius 1 is 1.17 bits per heavy atom. The topological polar surface area (TPSA) is 88.2 Å². The zero-order valence-electron chi connectivity index (χ0n) is 20.3. The van der Waals surface area contributed by atoms with Gasteiger partial charge in [-0.1, -0.05) is 12.1 Å². The number of nitrogens with one attached hydrogen (secondary N) is 1. The maximum absolute atomic E-state index is 13.2. The molecule has 4 heterocycles. The second-order valence-corrected chi connectivity index (χ2v) is 9.63. The van der Waals surface area contributed by atoms with Gasteiger partial charge in [-0.05, 0) is 68.3 Å². The fourth-order valence-electron chi connectivity index (χ4n) is 4.59. The third-order valence-corrected chi connectivity index (χ3v) is 6.47. The normalized spacial score (nSPS) is 14.2. The summed E-state index contributed by atoms with van der Waals surface area (Å²) < 4.78 is 3.34. The number of fused-ring (bicyclic) bond motifs is 2. The van der Waals surface area contributed by atoms with Crippen LogP contribution in [0.3, 0.4) is 0 Å². The average molecular weight is 471 g/mol. The van der Waals surface area contributed by atoms with Crippen LogP contribution < -0.4 is 10.9 Å². The van der Waals surface area contributed by atoms with Crippen LogP contribution in [0.15, 0.2) is 66.2 Å². The zero-order chi connectivity index (χ0) is 24.7. The molecule has 0 saturated heterocycles. The fraction of sp³-hybridized carbons (Fsp3) is 0.296. The van der Waals surface area contributed by atoms with Crippen LogP contribution >= 0.6 is 0 Å². The first-order valence-electron chi connectivity index (χ1n) is 11.7. The van der Waals surface area contributed by atoms with Gasteiger partial charge in [-0.25, -0.2) is 19.3 Å². The second kappa shape index (κ2) is 8.79. The zero-order valence-corrected chi connectivity index (χ0v) is 20.3. The molecule has 0 spiro atoms. The molecule has 3 aromatic heterocycles. The summed E-state index contributed by atoms with van der Waals surface area (Å²) in [7, 11) is 2.13. The van der Waals surface area contributed by atoms with Crippen LogP contribution in [-0.4, -0.2) is 42.9 Å². The van der Waals surface area contributed by atoms with Gasteiger partial charge in [0.1, 0.15) is 5.82 Å². The third-order valence-electron chi connectivity index (χ3n) is 6.47. The fourth-order valence-corrected chi connectivity index (χ4v) is 4.59. The Hall–Kier alpha value is -3.75. The highest BCUT2D eigenvalue weighted by Gasteiger charge is 2.21. The number of hydrogen-bond donors (Lipinski definition) is 2. The Morgan fingerprint density at radius 3 is 2.77 bits per heavy atom. The quantitative estimate of drug-likeness (QED) is 0.418. The number of anilines is 2. The minimum atomic E-state index is -1.04. The van der Waals surface area contributed by atoms with Gasteiger partial charge in [0.25, 0.3) is 5.56 Å². The lowest BCUT2D eigenvalue weighted by atomic mass is 9.99. The highest BCUT2D eigenvalue weighted by atomic mass is 16.3. The van der Waals surface area contributed by atoms with E-state index in [1.54, 1.807) is 53.8 Å². The lowest BCUT2D eigenvalue weighted by Crippen LogP contribution is -2.26. The Kier molecular flexibility index (Phi) is 5.78. The highest BCUT2D eigenvalue weighted by molar-refractivity contribution is 5.82. The van der Waals surface area contributed by atoms with Gasteiger partial charge in [-0.2, -0.15) is 0 Å². The molecule has 35 heavy (non-hydrogen) atoms. The lowest BCUT2D eigenvalue weighted by molar-refractivity contribution is 0.0784. The van der Waals surface area contributed by atoms with Crippen molar-refractivity contribution < 1.29 is 5.11 Å². The molecule has 0 unspecified atom stereocenters. The van der Waals surface area contributed by atoms with Crippen molar-refractivity contribution in [3.8, 4) is 5.82 Å². The van der Waals surface area contributed by atoms with Gasteiger partial charge < -0.3 is 15.3 Å². The summed E-state index contributed by atoms with van der Waals surface area (Å²) in [4.78, 5) is 24.6. The first kappa shape index (κ1) is 23.0. The van der Waals surface area contributed by atoms with Gasteiger partial charge in [0.2, 0.25) is 0 Å². The number of nitrogens with zero attached hydrogens (tertiary/aromatic N) is 5.